The molecule has 0 fully saturated rings. The summed E-state index contributed by atoms with van der Waals surface area (Å²) < 4.78 is 5.06. The van der Waals surface area contributed by atoms with Crippen LogP contribution >= 0.6 is 0 Å². The molecule has 0 unspecified atom stereocenters. The number of rotatable bonds is 2. The molecular formula is C11H13N5O. The molecule has 0 bridgehead atoms. The van der Waals surface area contributed by atoms with Crippen molar-refractivity contribution in [1.82, 2.24) is 15.0 Å². The van der Waals surface area contributed by atoms with E-state index in [0.717, 1.165) is 29.7 Å². The van der Waals surface area contributed by atoms with Crippen LogP contribution in [0.1, 0.15) is 11.5 Å². The largest absolute Gasteiger partial charge is 0.361 e. The summed E-state index contributed by atoms with van der Waals surface area (Å²) in [5.74, 6) is 1.76. The van der Waals surface area contributed by atoms with Crippen molar-refractivity contribution in [1.29, 1.82) is 0 Å². The number of aromatic nitrogens is 1. The second-order valence-corrected chi connectivity index (χ2v) is 4.23. The third kappa shape index (κ3) is 1.82. The Balaban J connectivity index is 1.79. The molecule has 2 aliphatic heterocycles. The van der Waals surface area contributed by atoms with Gasteiger partial charge in [-0.2, -0.15) is 0 Å². The van der Waals surface area contributed by atoms with Crippen LogP contribution in [0.4, 0.5) is 0 Å². The van der Waals surface area contributed by atoms with Gasteiger partial charge in [0.15, 0.2) is 5.84 Å². The lowest BCUT2D eigenvalue weighted by Crippen LogP contribution is -2.40. The predicted molar refractivity (Wildman–Crippen MR) is 63.4 cm³/mol. The number of fused-ring (bicyclic) bond motifs is 1. The van der Waals surface area contributed by atoms with Gasteiger partial charge in [0.25, 0.3) is 0 Å². The molecule has 0 aliphatic carbocycles. The highest BCUT2D eigenvalue weighted by molar-refractivity contribution is 6.06. The molecule has 6 nitrogen and oxygen atoms in total. The van der Waals surface area contributed by atoms with E-state index in [0.29, 0.717) is 6.54 Å². The van der Waals surface area contributed by atoms with Crippen LogP contribution in [0.3, 0.4) is 0 Å². The predicted octanol–water partition coefficient (Wildman–Crippen LogP) is 0.970. The van der Waals surface area contributed by atoms with Gasteiger partial charge in [-0.05, 0) is 6.92 Å². The molecule has 2 aliphatic rings. The first-order chi connectivity index (χ1) is 8.22. The number of amidine groups is 1. The number of hydrogen-bond donors (Lipinski definition) is 0. The van der Waals surface area contributed by atoms with Crippen LogP contribution in [0, 0.1) is 6.92 Å². The molecule has 0 saturated heterocycles. The van der Waals surface area contributed by atoms with Crippen LogP contribution < -0.4 is 0 Å². The van der Waals surface area contributed by atoms with Crippen molar-refractivity contribution >= 4 is 12.2 Å². The summed E-state index contributed by atoms with van der Waals surface area (Å²) in [4.78, 5) is 12.6. The Morgan fingerprint density at radius 3 is 3.12 bits per heavy atom. The minimum absolute atomic E-state index is 0.716. The van der Waals surface area contributed by atoms with Gasteiger partial charge in [-0.15, -0.1) is 0 Å². The van der Waals surface area contributed by atoms with Gasteiger partial charge >= 0.3 is 0 Å². The Bertz CT molecular complexity index is 528. The standard InChI is InChI=1S/C11H13N5O/c1-8-3-9(14-17-8)4-16-5-10-11(13-6-12-10)15(2)7-16/h3,5-6H,4,7H2,1-2H3. The Labute approximate surface area is 98.9 Å². The molecule has 3 heterocycles. The topological polar surface area (TPSA) is 57.2 Å². The molecule has 0 saturated carbocycles. The summed E-state index contributed by atoms with van der Waals surface area (Å²) in [6.45, 7) is 3.38. The second-order valence-electron chi connectivity index (χ2n) is 4.23. The normalized spacial score (nSPS) is 18.2. The summed E-state index contributed by atoms with van der Waals surface area (Å²) in [6, 6.07) is 1.94. The minimum atomic E-state index is 0.716. The van der Waals surface area contributed by atoms with Crippen molar-refractivity contribution in [2.24, 2.45) is 9.98 Å². The Hall–Kier alpha value is -2.11. The Morgan fingerprint density at radius 2 is 2.35 bits per heavy atom. The molecule has 88 valence electrons. The smallest absolute Gasteiger partial charge is 0.159 e. The SMILES string of the molecule is Cc1cc(CN2C=C3N=CN=C3N(C)C2)no1. The van der Waals surface area contributed by atoms with E-state index in [1.807, 2.05) is 26.2 Å². The summed E-state index contributed by atoms with van der Waals surface area (Å²) in [5, 5.41) is 3.99. The lowest BCUT2D eigenvalue weighted by Gasteiger charge is -2.32. The van der Waals surface area contributed by atoms with Crippen molar-refractivity contribution in [2.45, 2.75) is 13.5 Å². The monoisotopic (exact) mass is 231 g/mol. The summed E-state index contributed by atoms with van der Waals surface area (Å²) in [6.07, 6.45) is 3.59. The molecule has 0 spiro atoms. The second kappa shape index (κ2) is 3.73. The number of aryl methyl sites for hydroxylation is 1. The fraction of sp³-hybridized carbons (Fsp3) is 0.364. The Kier molecular flexibility index (Phi) is 2.21. The zero-order valence-corrected chi connectivity index (χ0v) is 9.79. The summed E-state index contributed by atoms with van der Waals surface area (Å²) >= 11 is 0. The molecular weight excluding hydrogens is 218 g/mol. The lowest BCUT2D eigenvalue weighted by molar-refractivity contribution is 0.248. The number of nitrogens with zero attached hydrogens (tertiary/aromatic N) is 5. The van der Waals surface area contributed by atoms with Gasteiger partial charge in [-0.1, -0.05) is 5.16 Å². The highest BCUT2D eigenvalue weighted by atomic mass is 16.5. The first kappa shape index (κ1) is 10.1. The van der Waals surface area contributed by atoms with Crippen LogP contribution in [0.2, 0.25) is 0 Å². The van der Waals surface area contributed by atoms with Crippen LogP contribution in [-0.2, 0) is 6.54 Å². The van der Waals surface area contributed by atoms with Gasteiger partial charge < -0.3 is 14.3 Å². The van der Waals surface area contributed by atoms with E-state index in [9.17, 15) is 0 Å². The van der Waals surface area contributed by atoms with Gasteiger partial charge in [0.05, 0.1) is 13.2 Å². The molecule has 6 heteroatoms. The van der Waals surface area contributed by atoms with E-state index < -0.39 is 0 Å². The number of likely N-dealkylation sites (N-methyl/N-ethyl adjacent to an activating group) is 1. The van der Waals surface area contributed by atoms with E-state index >= 15 is 0 Å². The van der Waals surface area contributed by atoms with Gasteiger partial charge in [0.2, 0.25) is 0 Å². The molecule has 17 heavy (non-hydrogen) atoms. The third-order valence-electron chi connectivity index (χ3n) is 2.71. The van der Waals surface area contributed by atoms with Crippen LogP contribution in [0.5, 0.6) is 0 Å². The molecule has 0 atom stereocenters. The van der Waals surface area contributed by atoms with E-state index in [-0.39, 0.29) is 0 Å². The third-order valence-corrected chi connectivity index (χ3v) is 2.71. The minimum Gasteiger partial charge on any atom is -0.361 e. The fourth-order valence-corrected chi connectivity index (χ4v) is 2.00. The van der Waals surface area contributed by atoms with Crippen molar-refractivity contribution in [3.63, 3.8) is 0 Å². The molecule has 0 aromatic carbocycles. The van der Waals surface area contributed by atoms with E-state index in [4.69, 9.17) is 4.52 Å². The Morgan fingerprint density at radius 1 is 1.47 bits per heavy atom. The van der Waals surface area contributed by atoms with Crippen LogP contribution in [-0.4, -0.2) is 40.8 Å². The van der Waals surface area contributed by atoms with Crippen molar-refractivity contribution < 1.29 is 4.52 Å². The highest BCUT2D eigenvalue weighted by Gasteiger charge is 2.23. The molecule has 3 rings (SSSR count). The first-order valence-corrected chi connectivity index (χ1v) is 5.42. The van der Waals surface area contributed by atoms with E-state index in [2.05, 4.69) is 24.9 Å². The van der Waals surface area contributed by atoms with Crippen LogP contribution in [0.25, 0.3) is 0 Å². The molecule has 1 aromatic rings. The van der Waals surface area contributed by atoms with Crippen molar-refractivity contribution in [2.75, 3.05) is 13.7 Å². The lowest BCUT2D eigenvalue weighted by atomic mass is 10.3. The van der Waals surface area contributed by atoms with Gasteiger partial charge in [0.1, 0.15) is 23.5 Å². The molecule has 0 N–H and O–H groups in total. The van der Waals surface area contributed by atoms with Crippen molar-refractivity contribution in [3.05, 3.63) is 29.4 Å². The maximum atomic E-state index is 5.06. The summed E-state index contributed by atoms with van der Waals surface area (Å²) in [7, 11) is 2.00. The zero-order valence-electron chi connectivity index (χ0n) is 9.79. The fourth-order valence-electron chi connectivity index (χ4n) is 2.00. The summed E-state index contributed by atoms with van der Waals surface area (Å²) in [5.41, 5.74) is 1.83. The molecule has 0 radical (unpaired) electrons. The van der Waals surface area contributed by atoms with Crippen LogP contribution in [0.15, 0.2) is 32.5 Å². The maximum absolute atomic E-state index is 5.06. The number of hydrogen-bond acceptors (Lipinski definition) is 6. The van der Waals surface area contributed by atoms with E-state index in [1.54, 1.807) is 6.34 Å². The van der Waals surface area contributed by atoms with E-state index in [1.165, 1.54) is 0 Å². The molecule has 1 aromatic heterocycles. The van der Waals surface area contributed by atoms with Gasteiger partial charge in [-0.25, -0.2) is 9.98 Å². The highest BCUT2D eigenvalue weighted by Crippen LogP contribution is 2.18. The quantitative estimate of drug-likeness (QED) is 0.761. The van der Waals surface area contributed by atoms with Crippen molar-refractivity contribution in [3.8, 4) is 0 Å². The maximum Gasteiger partial charge on any atom is 0.159 e. The first-order valence-electron chi connectivity index (χ1n) is 5.42. The number of aliphatic imine (C=N–C) groups is 2. The average Bonchev–Trinajstić information content (AvgIpc) is 2.87. The zero-order chi connectivity index (χ0) is 11.8. The molecule has 0 amide bonds. The van der Waals surface area contributed by atoms with Gasteiger partial charge in [-0.3, -0.25) is 0 Å². The van der Waals surface area contributed by atoms with Gasteiger partial charge in [0, 0.05) is 19.3 Å². The average molecular weight is 231 g/mol.